The number of aromatic nitrogens is 1. The van der Waals surface area contributed by atoms with Crippen LogP contribution in [0.25, 0.3) is 0 Å². The first-order valence-corrected chi connectivity index (χ1v) is 12.0. The quantitative estimate of drug-likeness (QED) is 0.532. The van der Waals surface area contributed by atoms with Gasteiger partial charge in [-0.15, -0.1) is 0 Å². The fourth-order valence-electron chi connectivity index (χ4n) is 4.71. The van der Waals surface area contributed by atoms with Gasteiger partial charge in [0.2, 0.25) is 0 Å². The second kappa shape index (κ2) is 10.4. The van der Waals surface area contributed by atoms with Crippen LogP contribution in [0.4, 0.5) is 0 Å². The first-order chi connectivity index (χ1) is 18.1. The van der Waals surface area contributed by atoms with Crippen LogP contribution >= 0.6 is 0 Å². The van der Waals surface area contributed by atoms with Crippen LogP contribution in [-0.4, -0.2) is 21.7 Å². The molecule has 1 amide bonds. The second-order valence-electron chi connectivity index (χ2n) is 8.84. The van der Waals surface area contributed by atoms with Crippen molar-refractivity contribution < 1.29 is 14.3 Å². The number of hydrogen-bond acceptors (Lipinski definition) is 7. The zero-order chi connectivity index (χ0) is 25.8. The summed E-state index contributed by atoms with van der Waals surface area (Å²) in [6, 6.07) is 22.7. The molecule has 0 spiro atoms. The monoisotopic (exact) mass is 491 g/mol. The zero-order valence-corrected chi connectivity index (χ0v) is 20.1. The standard InChI is InChI=1S/C29H25N5O3/c30-16-23-26(20-11-13-22(14-12-20)37-18-19-6-2-1-3-7-19)27-24(9-4-10-25(27)35)34(28(23)31)33-29(36)21-8-5-15-32-17-21/h1-3,5-8,11-15,17,26H,4,9-10,18,31H2,(H,33,36). The van der Waals surface area contributed by atoms with Gasteiger partial charge in [-0.05, 0) is 48.2 Å². The van der Waals surface area contributed by atoms with Gasteiger partial charge in [-0.25, -0.2) is 5.01 Å². The Bertz CT molecular complexity index is 1420. The first kappa shape index (κ1) is 23.8. The number of ketones is 1. The van der Waals surface area contributed by atoms with Gasteiger partial charge < -0.3 is 10.5 Å². The van der Waals surface area contributed by atoms with Gasteiger partial charge in [0.1, 0.15) is 18.2 Å². The van der Waals surface area contributed by atoms with Gasteiger partial charge in [0, 0.05) is 30.1 Å². The molecule has 0 bridgehead atoms. The number of carbonyl (C=O) groups is 2. The molecule has 1 aliphatic heterocycles. The molecule has 0 fully saturated rings. The fourth-order valence-corrected chi connectivity index (χ4v) is 4.71. The number of ether oxygens (including phenoxy) is 1. The van der Waals surface area contributed by atoms with Crippen LogP contribution in [0, 0.1) is 11.3 Å². The molecule has 0 saturated carbocycles. The highest BCUT2D eigenvalue weighted by Crippen LogP contribution is 2.44. The van der Waals surface area contributed by atoms with E-state index in [9.17, 15) is 14.9 Å². The van der Waals surface area contributed by atoms with Gasteiger partial charge in [-0.3, -0.25) is 20.0 Å². The van der Waals surface area contributed by atoms with Crippen molar-refractivity contribution in [3.63, 3.8) is 0 Å². The molecule has 0 radical (unpaired) electrons. The van der Waals surface area contributed by atoms with Crippen LogP contribution in [-0.2, 0) is 11.4 Å². The number of allylic oxidation sites excluding steroid dienone is 3. The van der Waals surface area contributed by atoms with E-state index in [1.165, 1.54) is 11.2 Å². The van der Waals surface area contributed by atoms with Crippen LogP contribution in [0.3, 0.4) is 0 Å². The fraction of sp³-hybridized carbons (Fsp3) is 0.172. The van der Waals surface area contributed by atoms with Crippen molar-refractivity contribution in [3.8, 4) is 11.8 Å². The number of amides is 1. The van der Waals surface area contributed by atoms with Crippen LogP contribution in [0.15, 0.2) is 102 Å². The lowest BCUT2D eigenvalue weighted by Crippen LogP contribution is -2.48. The lowest BCUT2D eigenvalue weighted by molar-refractivity contribution is -0.116. The van der Waals surface area contributed by atoms with Crippen molar-refractivity contribution in [3.05, 3.63) is 118 Å². The molecule has 5 rings (SSSR count). The summed E-state index contributed by atoms with van der Waals surface area (Å²) in [6.07, 6.45) is 4.56. The van der Waals surface area contributed by atoms with Crippen molar-refractivity contribution in [2.75, 3.05) is 0 Å². The number of Topliss-reactive ketones (excluding diaryl/α,β-unsaturated/α-hetero) is 1. The number of benzene rings is 2. The van der Waals surface area contributed by atoms with E-state index < -0.39 is 11.8 Å². The smallest absolute Gasteiger partial charge is 0.271 e. The number of pyridine rings is 1. The molecule has 0 saturated heterocycles. The SMILES string of the molecule is N#CC1=C(N)N(NC(=O)c2cccnc2)C2=C(C(=O)CCC2)C1c1ccc(OCc2ccccc2)cc1. The van der Waals surface area contributed by atoms with E-state index in [-0.39, 0.29) is 17.2 Å². The number of nitrogens with one attached hydrogen (secondary N) is 1. The minimum atomic E-state index is -0.623. The number of hydrazine groups is 1. The summed E-state index contributed by atoms with van der Waals surface area (Å²) in [5, 5.41) is 11.5. The summed E-state index contributed by atoms with van der Waals surface area (Å²) < 4.78 is 5.90. The normalized spacial score (nSPS) is 17.2. The van der Waals surface area contributed by atoms with Crippen LogP contribution < -0.4 is 15.9 Å². The Balaban J connectivity index is 1.46. The Labute approximate surface area is 214 Å². The van der Waals surface area contributed by atoms with Crippen LogP contribution in [0.5, 0.6) is 5.75 Å². The summed E-state index contributed by atoms with van der Waals surface area (Å²) in [5.74, 6) is -0.341. The van der Waals surface area contributed by atoms with E-state index >= 15 is 0 Å². The molecule has 8 nitrogen and oxygen atoms in total. The first-order valence-electron chi connectivity index (χ1n) is 12.0. The number of nitriles is 1. The molecule has 8 heteroatoms. The van der Waals surface area contributed by atoms with Gasteiger partial charge in [-0.1, -0.05) is 42.5 Å². The Hall–Kier alpha value is -4.90. The van der Waals surface area contributed by atoms with Crippen molar-refractivity contribution in [1.29, 1.82) is 5.26 Å². The lowest BCUT2D eigenvalue weighted by Gasteiger charge is -2.39. The molecule has 1 atom stereocenters. The zero-order valence-electron chi connectivity index (χ0n) is 20.1. The van der Waals surface area contributed by atoms with Gasteiger partial charge in [0.05, 0.1) is 23.1 Å². The van der Waals surface area contributed by atoms with Gasteiger partial charge >= 0.3 is 0 Å². The molecule has 2 aliphatic rings. The van der Waals surface area contributed by atoms with E-state index in [0.717, 1.165) is 11.1 Å². The van der Waals surface area contributed by atoms with E-state index in [1.807, 2.05) is 54.6 Å². The highest BCUT2D eigenvalue weighted by molar-refractivity contribution is 6.00. The number of carbonyl (C=O) groups excluding carboxylic acids is 2. The molecule has 2 heterocycles. The maximum Gasteiger partial charge on any atom is 0.271 e. The predicted molar refractivity (Wildman–Crippen MR) is 136 cm³/mol. The summed E-state index contributed by atoms with van der Waals surface area (Å²) in [5.41, 5.74) is 12.7. The Morgan fingerprint density at radius 2 is 1.89 bits per heavy atom. The maximum absolute atomic E-state index is 13.2. The number of nitrogens with two attached hydrogens (primary N) is 1. The maximum atomic E-state index is 13.2. The highest BCUT2D eigenvalue weighted by Gasteiger charge is 2.40. The molecule has 1 unspecified atom stereocenters. The molecule has 184 valence electrons. The summed E-state index contributed by atoms with van der Waals surface area (Å²) in [4.78, 5) is 30.1. The Morgan fingerprint density at radius 3 is 2.59 bits per heavy atom. The third-order valence-electron chi connectivity index (χ3n) is 6.51. The highest BCUT2D eigenvalue weighted by atomic mass is 16.5. The third-order valence-corrected chi connectivity index (χ3v) is 6.51. The molecule has 37 heavy (non-hydrogen) atoms. The molecule has 3 aromatic rings. The molecule has 2 aromatic carbocycles. The number of rotatable bonds is 6. The molecule has 1 aliphatic carbocycles. The lowest BCUT2D eigenvalue weighted by atomic mass is 9.76. The largest absolute Gasteiger partial charge is 0.489 e. The average Bonchev–Trinajstić information content (AvgIpc) is 2.94. The van der Waals surface area contributed by atoms with Crippen LogP contribution in [0.1, 0.15) is 46.7 Å². The van der Waals surface area contributed by atoms with Gasteiger partial charge in [-0.2, -0.15) is 5.26 Å². The van der Waals surface area contributed by atoms with E-state index in [2.05, 4.69) is 16.5 Å². The molecular formula is C29H25N5O3. The molecular weight excluding hydrogens is 466 g/mol. The minimum absolute atomic E-state index is 0.0588. The van der Waals surface area contributed by atoms with Crippen molar-refractivity contribution in [2.24, 2.45) is 5.73 Å². The Morgan fingerprint density at radius 1 is 1.11 bits per heavy atom. The van der Waals surface area contributed by atoms with E-state index in [0.29, 0.717) is 48.5 Å². The van der Waals surface area contributed by atoms with Gasteiger partial charge in [0.15, 0.2) is 5.78 Å². The minimum Gasteiger partial charge on any atom is -0.489 e. The van der Waals surface area contributed by atoms with Crippen molar-refractivity contribution in [1.82, 2.24) is 15.4 Å². The Kier molecular flexibility index (Phi) is 6.68. The van der Waals surface area contributed by atoms with Crippen molar-refractivity contribution >= 4 is 11.7 Å². The number of hydrogen-bond donors (Lipinski definition) is 2. The second-order valence-corrected chi connectivity index (χ2v) is 8.84. The predicted octanol–water partition coefficient (Wildman–Crippen LogP) is 4.11. The third kappa shape index (κ3) is 4.80. The molecule has 3 N–H and O–H groups in total. The molecule has 1 aromatic heterocycles. The van der Waals surface area contributed by atoms with Crippen LogP contribution in [0.2, 0.25) is 0 Å². The summed E-state index contributed by atoms with van der Waals surface area (Å²) >= 11 is 0. The van der Waals surface area contributed by atoms with E-state index in [1.54, 1.807) is 18.3 Å². The summed E-state index contributed by atoms with van der Waals surface area (Å²) in [6.45, 7) is 0.430. The van der Waals surface area contributed by atoms with E-state index in [4.69, 9.17) is 10.5 Å². The van der Waals surface area contributed by atoms with Gasteiger partial charge in [0.25, 0.3) is 5.91 Å². The topological polar surface area (TPSA) is 121 Å². The summed E-state index contributed by atoms with van der Waals surface area (Å²) in [7, 11) is 0. The van der Waals surface area contributed by atoms with Crippen molar-refractivity contribution in [2.45, 2.75) is 31.8 Å². The number of nitrogens with zero attached hydrogens (tertiary/aromatic N) is 3. The average molecular weight is 492 g/mol.